The fourth-order valence-electron chi connectivity index (χ4n) is 0.979. The second-order valence-corrected chi connectivity index (χ2v) is 3.66. The Morgan fingerprint density at radius 2 is 2.00 bits per heavy atom. The van der Waals surface area contributed by atoms with Gasteiger partial charge in [0, 0.05) is 0 Å². The predicted molar refractivity (Wildman–Crippen MR) is 56.2 cm³/mol. The number of Topliss-reactive ketones (excluding diaryl/α,β-unsaturated/α-hetero) is 1. The SMILES string of the molecule is Cc1ccc(Cl)c(C(=O)CCl)c1Cl. The Morgan fingerprint density at radius 1 is 1.38 bits per heavy atom. The van der Waals surface area contributed by atoms with E-state index in [0.29, 0.717) is 15.6 Å². The Hall–Kier alpha value is -0.240. The van der Waals surface area contributed by atoms with Crippen LogP contribution in [0.4, 0.5) is 0 Å². The van der Waals surface area contributed by atoms with E-state index in [4.69, 9.17) is 34.8 Å². The molecule has 0 saturated carbocycles. The van der Waals surface area contributed by atoms with Crippen LogP contribution in [0.15, 0.2) is 12.1 Å². The number of hydrogen-bond donors (Lipinski definition) is 0. The van der Waals surface area contributed by atoms with Gasteiger partial charge >= 0.3 is 0 Å². The summed E-state index contributed by atoms with van der Waals surface area (Å²) in [6.45, 7) is 1.81. The summed E-state index contributed by atoms with van der Waals surface area (Å²) in [5.41, 5.74) is 1.14. The van der Waals surface area contributed by atoms with Crippen LogP contribution < -0.4 is 0 Å². The second-order valence-electron chi connectivity index (χ2n) is 2.61. The first-order chi connectivity index (χ1) is 6.07. The summed E-state index contributed by atoms with van der Waals surface area (Å²) in [4.78, 5) is 11.3. The second kappa shape index (κ2) is 4.32. The molecule has 0 N–H and O–H groups in total. The normalized spacial score (nSPS) is 10.2. The van der Waals surface area contributed by atoms with Crippen molar-refractivity contribution in [3.63, 3.8) is 0 Å². The fraction of sp³-hybridized carbons (Fsp3) is 0.222. The molecule has 70 valence electrons. The van der Waals surface area contributed by atoms with Crippen molar-refractivity contribution in [2.45, 2.75) is 6.92 Å². The van der Waals surface area contributed by atoms with Gasteiger partial charge in [-0.05, 0) is 18.6 Å². The number of carbonyl (C=O) groups is 1. The third kappa shape index (κ3) is 2.16. The maximum atomic E-state index is 11.3. The highest BCUT2D eigenvalue weighted by Crippen LogP contribution is 2.28. The lowest BCUT2D eigenvalue weighted by Gasteiger charge is -2.06. The fourth-order valence-corrected chi connectivity index (χ4v) is 1.69. The van der Waals surface area contributed by atoms with Crippen LogP contribution in [0.5, 0.6) is 0 Å². The van der Waals surface area contributed by atoms with E-state index in [-0.39, 0.29) is 11.7 Å². The Morgan fingerprint density at radius 3 is 2.54 bits per heavy atom. The van der Waals surface area contributed by atoms with Crippen LogP contribution in [0, 0.1) is 6.92 Å². The highest BCUT2D eigenvalue weighted by Gasteiger charge is 2.14. The molecule has 1 rings (SSSR count). The minimum Gasteiger partial charge on any atom is -0.293 e. The van der Waals surface area contributed by atoms with E-state index in [0.717, 1.165) is 5.56 Å². The van der Waals surface area contributed by atoms with Crippen molar-refractivity contribution in [1.29, 1.82) is 0 Å². The predicted octanol–water partition coefficient (Wildman–Crippen LogP) is 3.72. The van der Waals surface area contributed by atoms with Gasteiger partial charge in [0.1, 0.15) is 0 Å². The quantitative estimate of drug-likeness (QED) is 0.566. The van der Waals surface area contributed by atoms with Gasteiger partial charge in [0.2, 0.25) is 0 Å². The van der Waals surface area contributed by atoms with Gasteiger partial charge in [0.15, 0.2) is 5.78 Å². The Labute approximate surface area is 91.6 Å². The molecule has 0 bridgehead atoms. The molecule has 0 aliphatic carbocycles. The average molecular weight is 238 g/mol. The zero-order valence-corrected chi connectivity index (χ0v) is 9.17. The molecule has 0 atom stereocenters. The van der Waals surface area contributed by atoms with Crippen molar-refractivity contribution in [3.05, 3.63) is 33.3 Å². The van der Waals surface area contributed by atoms with E-state index in [9.17, 15) is 4.79 Å². The van der Waals surface area contributed by atoms with Crippen molar-refractivity contribution >= 4 is 40.6 Å². The first kappa shape index (κ1) is 10.8. The van der Waals surface area contributed by atoms with Gasteiger partial charge < -0.3 is 0 Å². The minimum absolute atomic E-state index is 0.108. The molecule has 0 aromatic heterocycles. The molecule has 0 amide bonds. The number of benzene rings is 1. The van der Waals surface area contributed by atoms with Crippen LogP contribution in [0.1, 0.15) is 15.9 Å². The molecule has 0 heterocycles. The van der Waals surface area contributed by atoms with Gasteiger partial charge in [-0.15, -0.1) is 11.6 Å². The largest absolute Gasteiger partial charge is 0.293 e. The van der Waals surface area contributed by atoms with Gasteiger partial charge in [-0.25, -0.2) is 0 Å². The van der Waals surface area contributed by atoms with E-state index in [1.54, 1.807) is 12.1 Å². The molecule has 0 aliphatic heterocycles. The molecule has 1 nitrogen and oxygen atoms in total. The van der Waals surface area contributed by atoms with Crippen molar-refractivity contribution in [3.8, 4) is 0 Å². The van der Waals surface area contributed by atoms with Crippen LogP contribution in [-0.4, -0.2) is 11.7 Å². The Bertz CT molecular complexity index is 347. The lowest BCUT2D eigenvalue weighted by Crippen LogP contribution is -2.03. The number of aryl methyl sites for hydroxylation is 1. The molecule has 4 heteroatoms. The Balaban J connectivity index is 3.33. The van der Waals surface area contributed by atoms with Crippen molar-refractivity contribution in [2.75, 3.05) is 5.88 Å². The third-order valence-electron chi connectivity index (χ3n) is 1.68. The van der Waals surface area contributed by atoms with E-state index in [1.807, 2.05) is 6.92 Å². The van der Waals surface area contributed by atoms with Crippen LogP contribution in [0.25, 0.3) is 0 Å². The molecule has 13 heavy (non-hydrogen) atoms. The summed E-state index contributed by atoms with van der Waals surface area (Å²) in [6.07, 6.45) is 0. The summed E-state index contributed by atoms with van der Waals surface area (Å²) in [6, 6.07) is 3.40. The zero-order valence-electron chi connectivity index (χ0n) is 6.90. The first-order valence-electron chi connectivity index (χ1n) is 3.61. The number of halogens is 3. The molecule has 1 aromatic rings. The van der Waals surface area contributed by atoms with Gasteiger partial charge in [-0.1, -0.05) is 29.3 Å². The monoisotopic (exact) mass is 236 g/mol. The zero-order chi connectivity index (χ0) is 10.0. The molecule has 0 aliphatic rings. The van der Waals surface area contributed by atoms with Crippen LogP contribution in [0.2, 0.25) is 10.0 Å². The van der Waals surface area contributed by atoms with E-state index in [2.05, 4.69) is 0 Å². The highest BCUT2D eigenvalue weighted by molar-refractivity contribution is 6.42. The lowest BCUT2D eigenvalue weighted by molar-refractivity contribution is 0.102. The van der Waals surface area contributed by atoms with Crippen molar-refractivity contribution < 1.29 is 4.79 Å². The molecule has 0 spiro atoms. The molecule has 0 fully saturated rings. The molecule has 0 saturated heterocycles. The maximum absolute atomic E-state index is 11.3. The van der Waals surface area contributed by atoms with Gasteiger partial charge in [0.25, 0.3) is 0 Å². The summed E-state index contributed by atoms with van der Waals surface area (Å²) >= 11 is 17.1. The molecular formula is C9H7Cl3O. The minimum atomic E-state index is -0.250. The summed E-state index contributed by atoms with van der Waals surface area (Å²) in [5.74, 6) is -0.358. The number of rotatable bonds is 2. The third-order valence-corrected chi connectivity index (χ3v) is 2.73. The average Bonchev–Trinajstić information content (AvgIpc) is 2.12. The highest BCUT2D eigenvalue weighted by atomic mass is 35.5. The number of ketones is 1. The molecule has 0 radical (unpaired) electrons. The van der Waals surface area contributed by atoms with Gasteiger partial charge in [0.05, 0.1) is 21.5 Å². The standard InChI is InChI=1S/C9H7Cl3O/c1-5-2-3-6(11)8(9(5)12)7(13)4-10/h2-3H,4H2,1H3. The topological polar surface area (TPSA) is 17.1 Å². The maximum Gasteiger partial charge on any atom is 0.180 e. The smallest absolute Gasteiger partial charge is 0.180 e. The van der Waals surface area contributed by atoms with Crippen molar-refractivity contribution in [2.24, 2.45) is 0 Å². The van der Waals surface area contributed by atoms with Crippen LogP contribution in [-0.2, 0) is 0 Å². The summed E-state index contributed by atoms with van der Waals surface area (Å²) in [5, 5.41) is 0.736. The van der Waals surface area contributed by atoms with E-state index < -0.39 is 0 Å². The summed E-state index contributed by atoms with van der Waals surface area (Å²) < 4.78 is 0. The van der Waals surface area contributed by atoms with Gasteiger partial charge in [-0.2, -0.15) is 0 Å². The number of hydrogen-bond acceptors (Lipinski definition) is 1. The number of carbonyl (C=O) groups excluding carboxylic acids is 1. The first-order valence-corrected chi connectivity index (χ1v) is 4.90. The van der Waals surface area contributed by atoms with Crippen molar-refractivity contribution in [1.82, 2.24) is 0 Å². The molecule has 1 aromatic carbocycles. The van der Waals surface area contributed by atoms with E-state index in [1.165, 1.54) is 0 Å². The van der Waals surface area contributed by atoms with Gasteiger partial charge in [-0.3, -0.25) is 4.79 Å². The molecule has 0 unspecified atom stereocenters. The molecular weight excluding hydrogens is 230 g/mol. The van der Waals surface area contributed by atoms with Crippen LogP contribution >= 0.6 is 34.8 Å². The lowest BCUT2D eigenvalue weighted by atomic mass is 10.1. The Kier molecular flexibility index (Phi) is 3.60. The number of alkyl halides is 1. The summed E-state index contributed by atoms with van der Waals surface area (Å²) in [7, 11) is 0. The van der Waals surface area contributed by atoms with Crippen LogP contribution in [0.3, 0.4) is 0 Å². The van der Waals surface area contributed by atoms with E-state index >= 15 is 0 Å².